The van der Waals surface area contributed by atoms with Gasteiger partial charge in [0.25, 0.3) is 0 Å². The minimum atomic E-state index is -8.63. The molecular formula is C56H85Br2F17N2O12PRfS-. The second kappa shape index (κ2) is 49.6. The maximum absolute atomic E-state index is 14.2. The second-order valence-corrected chi connectivity index (χ2v) is 20.8. The van der Waals surface area contributed by atoms with Gasteiger partial charge in [0.1, 0.15) is 13.2 Å². The van der Waals surface area contributed by atoms with Crippen molar-refractivity contribution in [3.8, 4) is 0 Å². The van der Waals surface area contributed by atoms with E-state index in [-0.39, 0.29) is 65.2 Å². The van der Waals surface area contributed by atoms with E-state index in [2.05, 4.69) is 6.92 Å². The molecule has 0 amide bonds. The summed E-state index contributed by atoms with van der Waals surface area (Å²) in [5.74, 6) is -56.3. The van der Waals surface area contributed by atoms with Crippen molar-refractivity contribution in [2.75, 3.05) is 165 Å². The average molecular weight is 1790 g/mol. The molecule has 2 aromatic heterocycles. The maximum Gasteiger partial charge on any atom is 0.460 e. The summed E-state index contributed by atoms with van der Waals surface area (Å²) in [5, 5.41) is 0. The van der Waals surface area contributed by atoms with Gasteiger partial charge in [0.2, 0.25) is 0 Å². The molecule has 0 saturated heterocycles. The van der Waals surface area contributed by atoms with E-state index in [4.69, 9.17) is 68.6 Å². The van der Waals surface area contributed by atoms with Crippen LogP contribution in [0, 0.1) is 6.92 Å². The first-order chi connectivity index (χ1) is 42.0. The fourth-order valence-electron chi connectivity index (χ4n) is 7.59. The summed E-state index contributed by atoms with van der Waals surface area (Å²) >= 11 is 5.21. The summed E-state index contributed by atoms with van der Waals surface area (Å²) in [6.45, 7) is 21.6. The molecule has 2 aromatic rings. The molecule has 0 radical (unpaired) electrons. The van der Waals surface area contributed by atoms with Crippen LogP contribution in [-0.4, -0.2) is 213 Å². The number of hydrogen-bond acceptors (Lipinski definition) is 13. The molecule has 0 aliphatic heterocycles. The Balaban J connectivity index is -0.00000269. The molecule has 36 heteroatoms. The third kappa shape index (κ3) is 32.4. The number of pyridine rings is 2. The van der Waals surface area contributed by atoms with Crippen LogP contribution in [0.1, 0.15) is 75.3 Å². The van der Waals surface area contributed by atoms with Crippen LogP contribution in [0.4, 0.5) is 74.6 Å². The molecule has 0 saturated carbocycles. The van der Waals surface area contributed by atoms with Crippen molar-refractivity contribution in [1.29, 1.82) is 0 Å². The van der Waals surface area contributed by atoms with E-state index in [1.54, 1.807) is 36.2 Å². The maximum atomic E-state index is 14.2. The summed E-state index contributed by atoms with van der Waals surface area (Å²) in [6.07, 6.45) is -3.27. The van der Waals surface area contributed by atoms with Crippen molar-refractivity contribution in [3.05, 3.63) is 67.1 Å². The molecule has 0 fully saturated rings. The number of rotatable bonds is 54. The molecule has 2 atom stereocenters. The number of hydrogen-bond donors (Lipinski definition) is 0. The Morgan fingerprint density at radius 3 is 1.07 bits per heavy atom. The average Bonchev–Trinajstić information content (AvgIpc) is 0.703. The van der Waals surface area contributed by atoms with E-state index in [0.717, 1.165) is 17.7 Å². The van der Waals surface area contributed by atoms with Gasteiger partial charge in [-0.2, -0.15) is 74.6 Å². The Morgan fingerprint density at radius 2 is 0.717 bits per heavy atom. The largest absolute Gasteiger partial charge is 1.00 e. The Morgan fingerprint density at radius 1 is 0.413 bits per heavy atom. The summed E-state index contributed by atoms with van der Waals surface area (Å²) in [6, 6.07) is 7.52. The number of aryl methyl sites for hydroxylation is 1. The van der Waals surface area contributed by atoms with E-state index >= 15 is 0 Å². The number of ether oxygens (including phenoxy) is 12. The molecule has 538 valence electrons. The summed E-state index contributed by atoms with van der Waals surface area (Å²) in [5.41, 5.74) is 1.90. The molecule has 14 nitrogen and oxygen atoms in total. The van der Waals surface area contributed by atoms with Crippen LogP contribution in [0.25, 0.3) is 0 Å². The molecular weight excluding hydrogens is 1710 g/mol. The van der Waals surface area contributed by atoms with E-state index in [9.17, 15) is 74.6 Å². The van der Waals surface area contributed by atoms with Gasteiger partial charge in [0, 0.05) is 63.6 Å². The molecule has 0 N–H and O–H groups in total. The predicted molar refractivity (Wildman–Crippen MR) is 294 cm³/mol. The molecule has 0 aromatic carbocycles. The van der Waals surface area contributed by atoms with Gasteiger partial charge in [-0.1, -0.05) is 30.2 Å². The van der Waals surface area contributed by atoms with Crippen LogP contribution < -0.4 is 43.1 Å². The number of halogens is 19. The van der Waals surface area contributed by atoms with Crippen molar-refractivity contribution in [3.63, 3.8) is 0 Å². The van der Waals surface area contributed by atoms with Gasteiger partial charge in [0.15, 0.2) is 31.3 Å². The predicted octanol–water partition coefficient (Wildman–Crippen LogP) is 5.58. The number of unbranched alkanes of at least 4 members (excludes halogenated alkanes) is 3. The quantitative estimate of drug-likeness (QED) is 0.0270. The van der Waals surface area contributed by atoms with Crippen molar-refractivity contribution in [2.45, 2.75) is 125 Å². The Kier molecular flexibility index (Phi) is 50.3. The van der Waals surface area contributed by atoms with Crippen molar-refractivity contribution in [2.24, 2.45) is 0 Å². The molecule has 0 aliphatic rings. The second-order valence-electron chi connectivity index (χ2n) is 19.4. The minimum Gasteiger partial charge on any atom is -1.00 e. The van der Waals surface area contributed by atoms with E-state index < -0.39 is 66.9 Å². The van der Waals surface area contributed by atoms with Gasteiger partial charge >= 0.3 is 47.6 Å². The Hall–Kier alpha value is -2.89. The minimum absolute atomic E-state index is 0. The first kappa shape index (κ1) is 93.3. The topological polar surface area (TPSA) is 119 Å². The molecule has 0 aliphatic carbocycles. The zero-order valence-electron chi connectivity index (χ0n) is 51.6. The SMILES string of the molecule is CCOCCOCCOCCOCCOCCOCCOC.[Br-].[Br-].[CH2-]C(CC(CP=S)c1cc[n+](CCCCCCC(F)(F)C(F)(F)C(F)(F)C(F)(F)C(F)(F)C(F)(F)C(F)(F)C(F)(F)F)cc1)c1cc[n+](CCOCCOCCOCCOCCOCC)cc1.[Rf]. The molecule has 92 heavy (non-hydrogen) atoms. The number of alkyl halides is 17. The molecule has 0 bridgehead atoms. The van der Waals surface area contributed by atoms with Gasteiger partial charge in [-0.05, 0) is 45.5 Å². The molecule has 2 unspecified atom stereocenters. The number of nitrogens with zero attached hydrogens (tertiary/aromatic N) is 2. The fraction of sp³-hybridized carbons (Fsp3) is 0.804. The van der Waals surface area contributed by atoms with Crippen LogP contribution in [0.3, 0.4) is 0 Å². The first-order valence-electron chi connectivity index (χ1n) is 28.6. The van der Waals surface area contributed by atoms with Crippen molar-refractivity contribution in [1.82, 2.24) is 0 Å². The smallest absolute Gasteiger partial charge is 0.460 e. The van der Waals surface area contributed by atoms with Crippen LogP contribution in [0.5, 0.6) is 0 Å². The van der Waals surface area contributed by atoms with E-state index in [1.165, 1.54) is 0 Å². The van der Waals surface area contributed by atoms with Crippen molar-refractivity contribution >= 4 is 19.2 Å². The van der Waals surface area contributed by atoms with Crippen LogP contribution >= 0.6 is 7.36 Å². The van der Waals surface area contributed by atoms with Gasteiger partial charge in [0.05, 0.1) is 132 Å². The molecule has 2 rings (SSSR count). The summed E-state index contributed by atoms with van der Waals surface area (Å²) in [7, 11) is 2.35. The number of methoxy groups -OCH3 is 1. The van der Waals surface area contributed by atoms with Crippen LogP contribution in [0.15, 0.2) is 49.1 Å². The zero-order valence-corrected chi connectivity index (χ0v) is 62.9. The monoisotopic (exact) mass is 1790 g/mol. The summed E-state index contributed by atoms with van der Waals surface area (Å²) < 4.78 is 297. The Bertz CT molecular complexity index is 2110. The molecule has 2 heterocycles. The van der Waals surface area contributed by atoms with E-state index in [1.807, 2.05) is 42.9 Å². The van der Waals surface area contributed by atoms with Crippen LogP contribution in [0.2, 0.25) is 0 Å². The van der Waals surface area contributed by atoms with Gasteiger partial charge in [-0.25, -0.2) is 9.13 Å². The molecule has 0 spiro atoms. The zero-order chi connectivity index (χ0) is 66.9. The van der Waals surface area contributed by atoms with Gasteiger partial charge in [-0.3, -0.25) is 0 Å². The number of aromatic nitrogens is 2. The van der Waals surface area contributed by atoms with Crippen molar-refractivity contribution < 1.29 is 175 Å². The summed E-state index contributed by atoms with van der Waals surface area (Å²) in [4.78, 5) is 0. The Labute approximate surface area is 548 Å². The van der Waals surface area contributed by atoms with Crippen LogP contribution in [-0.2, 0) is 81.7 Å². The van der Waals surface area contributed by atoms with Gasteiger partial charge in [-0.15, -0.1) is 5.92 Å². The van der Waals surface area contributed by atoms with E-state index in [0.29, 0.717) is 172 Å². The third-order valence-corrected chi connectivity index (χ3v) is 13.8. The van der Waals surface area contributed by atoms with Gasteiger partial charge < -0.3 is 97.7 Å². The third-order valence-electron chi connectivity index (χ3n) is 12.8. The normalized spacial score (nSPS) is 13.4. The standard InChI is InChI=1S/C41H53F17N2O5PS.C15H32O7.2BrH.Rf/c1-3-61-20-21-63-24-25-65-27-26-64-23-22-62-19-18-60-14-8-31(9-15-60)30(2)28-33(29-66-67)32-10-16-59(17-11-32)13-7-5-4-6-12-34(42,43)35(44,45)36(46,47)37(48,49)38(50,51)39(52,53)40(54,55)41(56,57)58;1-3-17-6-7-19-10-11-21-14-15-22-13-12-20-9-8-18-5-4-16-2;;;/h8-11,14-17,30,33H,2-7,12-13,18-29H2,1H3;3-15H2,1-2H3;2*1H;/q+1;;;;/p-2. The fourth-order valence-corrected chi connectivity index (χ4v) is 8.67. The first-order valence-corrected chi connectivity index (χ1v) is 30.7.